The summed E-state index contributed by atoms with van der Waals surface area (Å²) >= 11 is 0. The van der Waals surface area contributed by atoms with Crippen molar-refractivity contribution in [2.24, 2.45) is 0 Å². The quantitative estimate of drug-likeness (QED) is 0.0664. The zero-order valence-electron chi connectivity index (χ0n) is 35.4. The zero-order valence-corrected chi connectivity index (χ0v) is 35.4. The smallest absolute Gasteiger partial charge is 0.187 e. The molecule has 1 fully saturated rings. The summed E-state index contributed by atoms with van der Waals surface area (Å²) < 4.78 is 60.4. The van der Waals surface area contributed by atoms with Gasteiger partial charge in [0.05, 0.1) is 59.1 Å². The predicted molar refractivity (Wildman–Crippen MR) is 240 cm³/mol. The molecule has 0 aromatic heterocycles. The molecular formula is C54H56O9. The Kier molecular flexibility index (Phi) is 16.7. The summed E-state index contributed by atoms with van der Waals surface area (Å²) in [7, 11) is 0. The van der Waals surface area contributed by atoms with Gasteiger partial charge in [-0.2, -0.15) is 0 Å². The van der Waals surface area contributed by atoms with Crippen LogP contribution in [0.25, 0.3) is 0 Å². The van der Waals surface area contributed by atoms with Crippen LogP contribution in [0.2, 0.25) is 0 Å². The van der Waals surface area contributed by atoms with Gasteiger partial charge in [-0.25, -0.2) is 0 Å². The van der Waals surface area contributed by atoms with Crippen molar-refractivity contribution >= 4 is 0 Å². The second-order valence-electron chi connectivity index (χ2n) is 15.7. The summed E-state index contributed by atoms with van der Waals surface area (Å²) in [6, 6.07) is 60.6. The first kappa shape index (κ1) is 44.2. The second-order valence-corrected chi connectivity index (χ2v) is 15.7. The van der Waals surface area contributed by atoms with E-state index >= 15 is 0 Å². The van der Waals surface area contributed by atoms with Crippen LogP contribution in [0, 0.1) is 0 Å². The van der Waals surface area contributed by atoms with Crippen LogP contribution in [0.5, 0.6) is 0 Å². The number of hydrogen-bond donors (Lipinski definition) is 0. The van der Waals surface area contributed by atoms with Gasteiger partial charge in [0.15, 0.2) is 12.4 Å². The van der Waals surface area contributed by atoms with Crippen molar-refractivity contribution in [2.45, 2.75) is 88.7 Å². The number of rotatable bonds is 22. The van der Waals surface area contributed by atoms with E-state index in [4.69, 9.17) is 42.6 Å². The lowest BCUT2D eigenvalue weighted by Gasteiger charge is -2.46. The third-order valence-electron chi connectivity index (χ3n) is 11.0. The van der Waals surface area contributed by atoms with Gasteiger partial charge in [-0.3, -0.25) is 0 Å². The van der Waals surface area contributed by atoms with Crippen molar-refractivity contribution in [1.29, 1.82) is 0 Å². The lowest BCUT2D eigenvalue weighted by Crippen LogP contribution is -2.62. The molecule has 0 radical (unpaired) electrons. The van der Waals surface area contributed by atoms with Crippen LogP contribution in [-0.2, 0) is 82.3 Å². The fraction of sp³-hybridized carbons (Fsp3) is 0.296. The highest BCUT2D eigenvalue weighted by molar-refractivity contribution is 5.18. The third kappa shape index (κ3) is 13.3. The minimum Gasteiger partial charge on any atom is -0.493 e. The van der Waals surface area contributed by atoms with E-state index < -0.39 is 49.0 Å². The van der Waals surface area contributed by atoms with Gasteiger partial charge in [-0.15, -0.1) is 0 Å². The molecule has 0 unspecified atom stereocenters. The predicted octanol–water partition coefficient (Wildman–Crippen LogP) is 9.78. The molecular weight excluding hydrogens is 793 g/mol. The Morgan fingerprint density at radius 1 is 0.333 bits per heavy atom. The molecule has 0 aliphatic carbocycles. The first-order valence-electron chi connectivity index (χ1n) is 21.7. The molecule has 0 N–H and O–H groups in total. The van der Waals surface area contributed by atoms with Crippen molar-refractivity contribution in [3.8, 4) is 0 Å². The van der Waals surface area contributed by atoms with E-state index in [1.807, 2.05) is 188 Å². The average molecular weight is 849 g/mol. The highest BCUT2D eigenvalue weighted by Gasteiger charge is 2.50. The molecule has 0 amide bonds. The molecule has 326 valence electrons. The van der Waals surface area contributed by atoms with E-state index in [0.29, 0.717) is 39.6 Å². The molecule has 9 nitrogen and oxygen atoms in total. The van der Waals surface area contributed by atoms with E-state index in [1.165, 1.54) is 0 Å². The van der Waals surface area contributed by atoms with Crippen LogP contribution in [0.4, 0.5) is 0 Å². The van der Waals surface area contributed by atoms with Gasteiger partial charge in [0, 0.05) is 0 Å². The van der Waals surface area contributed by atoms with Crippen LogP contribution in [0.3, 0.4) is 0 Å². The first-order valence-corrected chi connectivity index (χ1v) is 21.7. The van der Waals surface area contributed by atoms with Crippen LogP contribution >= 0.6 is 0 Å². The van der Waals surface area contributed by atoms with Crippen LogP contribution in [0.1, 0.15) is 33.4 Å². The average Bonchev–Trinajstić information content (AvgIpc) is 3.35. The van der Waals surface area contributed by atoms with Gasteiger partial charge in [-0.1, -0.05) is 182 Å². The summed E-state index contributed by atoms with van der Waals surface area (Å²) in [6.07, 6.45) is -1.37. The van der Waals surface area contributed by atoms with E-state index in [-0.39, 0.29) is 13.2 Å². The van der Waals surface area contributed by atoms with E-state index in [9.17, 15) is 0 Å². The molecule has 1 saturated heterocycles. The number of ether oxygens (including phenoxy) is 9. The van der Waals surface area contributed by atoms with E-state index in [0.717, 1.165) is 33.4 Å². The van der Waals surface area contributed by atoms with Gasteiger partial charge in [0.2, 0.25) is 0 Å². The Bertz CT molecular complexity index is 2180. The normalized spacial score (nSPS) is 23.2. The van der Waals surface area contributed by atoms with Crippen LogP contribution in [0.15, 0.2) is 194 Å². The molecule has 2 aliphatic rings. The topological polar surface area (TPSA) is 83.1 Å². The largest absolute Gasteiger partial charge is 0.493 e. The molecule has 0 saturated carbocycles. The molecule has 9 heteroatoms. The highest BCUT2D eigenvalue weighted by Crippen LogP contribution is 2.33. The zero-order chi connectivity index (χ0) is 42.7. The molecule has 8 rings (SSSR count). The Morgan fingerprint density at radius 2 is 0.714 bits per heavy atom. The summed E-state index contributed by atoms with van der Waals surface area (Å²) in [4.78, 5) is 0. The summed E-state index contributed by atoms with van der Waals surface area (Å²) in [5.41, 5.74) is 6.20. The molecule has 63 heavy (non-hydrogen) atoms. The fourth-order valence-corrected chi connectivity index (χ4v) is 7.71. The fourth-order valence-electron chi connectivity index (χ4n) is 7.71. The van der Waals surface area contributed by atoms with E-state index in [2.05, 4.69) is 0 Å². The van der Waals surface area contributed by atoms with Crippen molar-refractivity contribution < 1.29 is 42.6 Å². The number of hydrogen-bond acceptors (Lipinski definition) is 9. The summed E-state index contributed by atoms with van der Waals surface area (Å²) in [5.74, 6) is 0. The lowest BCUT2D eigenvalue weighted by molar-refractivity contribution is -0.332. The molecule has 6 aromatic rings. The van der Waals surface area contributed by atoms with Crippen molar-refractivity contribution in [3.05, 3.63) is 228 Å². The maximum absolute atomic E-state index is 6.97. The number of benzene rings is 6. The first-order chi connectivity index (χ1) is 31.2. The maximum atomic E-state index is 6.97. The third-order valence-corrected chi connectivity index (χ3v) is 11.0. The molecule has 2 heterocycles. The van der Waals surface area contributed by atoms with Gasteiger partial charge in [0.1, 0.15) is 36.6 Å². The Morgan fingerprint density at radius 3 is 1.17 bits per heavy atom. The maximum Gasteiger partial charge on any atom is 0.187 e. The molecule has 0 bridgehead atoms. The minimum atomic E-state index is -0.913. The Balaban J connectivity index is 1.08. The molecule has 2 aliphatic heterocycles. The SMILES string of the molecule is C1=C[C@@H](OCc2ccccc2)[C@H](OCc2ccccc2)[C@@H](CO[C@@H]2O[C@H](COCc3ccccc3)[C@@H](OCc3ccccc3)[C@H](OCc3ccccc3)[C@H]2OCc2ccccc2)O1. The van der Waals surface area contributed by atoms with Crippen LogP contribution < -0.4 is 0 Å². The second kappa shape index (κ2) is 23.8. The van der Waals surface area contributed by atoms with Crippen molar-refractivity contribution in [3.63, 3.8) is 0 Å². The summed E-state index contributed by atoms with van der Waals surface area (Å²) in [6.45, 7) is 2.43. The van der Waals surface area contributed by atoms with Gasteiger partial charge >= 0.3 is 0 Å². The van der Waals surface area contributed by atoms with Gasteiger partial charge in [0.25, 0.3) is 0 Å². The van der Waals surface area contributed by atoms with Crippen molar-refractivity contribution in [2.75, 3.05) is 13.2 Å². The Labute approximate surface area is 371 Å². The molecule has 8 atom stereocenters. The standard InChI is InChI=1S/C54H56O9/c1-7-19-41(20-8-1)33-55-39-49-51(59-36-44-25-13-4-14-26-44)52(60-37-45-27-15-5-16-28-45)53(61-38-46-29-17-6-18-30-46)54(63-49)62-40-48-50(58-35-43-23-11-3-12-24-43)47(31-32-56-48)57-34-42-21-9-2-10-22-42/h1-32,47-54H,33-40H2/t47-,48-,49-,50+,51-,52+,53-,54-/m1/s1. The highest BCUT2D eigenvalue weighted by atomic mass is 16.7. The van der Waals surface area contributed by atoms with E-state index in [1.54, 1.807) is 6.26 Å². The Hall–Kier alpha value is -5.46. The molecule has 0 spiro atoms. The monoisotopic (exact) mass is 848 g/mol. The van der Waals surface area contributed by atoms with Crippen LogP contribution in [-0.4, -0.2) is 62.2 Å². The summed E-state index contributed by atoms with van der Waals surface area (Å²) in [5, 5.41) is 0. The minimum absolute atomic E-state index is 0.101. The van der Waals surface area contributed by atoms with Gasteiger partial charge in [-0.05, 0) is 39.5 Å². The van der Waals surface area contributed by atoms with Crippen molar-refractivity contribution in [1.82, 2.24) is 0 Å². The van der Waals surface area contributed by atoms with Gasteiger partial charge < -0.3 is 42.6 Å². The molecule has 6 aromatic carbocycles. The lowest BCUT2D eigenvalue weighted by atomic mass is 9.97.